The van der Waals surface area contributed by atoms with Crippen molar-refractivity contribution < 1.29 is 9.53 Å². The summed E-state index contributed by atoms with van der Waals surface area (Å²) >= 11 is 5.96. The number of pyridine rings is 1. The average Bonchev–Trinajstić information content (AvgIpc) is 2.46. The molecule has 1 amide bonds. The molecule has 4 nitrogen and oxygen atoms in total. The van der Waals surface area contributed by atoms with Gasteiger partial charge in [0.25, 0.3) is 5.91 Å². The van der Waals surface area contributed by atoms with Crippen LogP contribution in [0, 0.1) is 0 Å². The van der Waals surface area contributed by atoms with Gasteiger partial charge in [0.15, 0.2) is 0 Å². The Morgan fingerprint density at radius 2 is 2.00 bits per heavy atom. The Balaban J connectivity index is 2.36. The number of carbonyl (C=O) groups excluding carboxylic acids is 1. The second-order valence-electron chi connectivity index (χ2n) is 5.96. The van der Waals surface area contributed by atoms with E-state index in [1.165, 1.54) is 0 Å². The minimum Gasteiger partial charge on any atom is -0.495 e. The van der Waals surface area contributed by atoms with Gasteiger partial charge in [0, 0.05) is 6.20 Å². The highest BCUT2D eigenvalue weighted by Gasteiger charge is 2.18. The number of carbonyl (C=O) groups is 1. The monoisotopic (exact) mass is 318 g/mol. The van der Waals surface area contributed by atoms with Crippen molar-refractivity contribution in [3.8, 4) is 5.75 Å². The molecule has 0 unspecified atom stereocenters. The smallest absolute Gasteiger partial charge is 0.258 e. The maximum Gasteiger partial charge on any atom is 0.258 e. The Morgan fingerprint density at radius 3 is 2.59 bits per heavy atom. The van der Waals surface area contributed by atoms with Crippen LogP contribution in [0.3, 0.4) is 0 Å². The summed E-state index contributed by atoms with van der Waals surface area (Å²) in [5.74, 6) is 0.281. The number of rotatable bonds is 3. The number of halogens is 1. The molecular weight excluding hydrogens is 300 g/mol. The zero-order valence-electron chi connectivity index (χ0n) is 13.1. The molecule has 1 aromatic heterocycles. The molecule has 0 radical (unpaired) electrons. The number of benzene rings is 1. The number of amides is 1. The molecule has 0 bridgehead atoms. The predicted molar refractivity (Wildman–Crippen MR) is 88.9 cm³/mol. The van der Waals surface area contributed by atoms with Crippen LogP contribution in [0.5, 0.6) is 5.75 Å². The van der Waals surface area contributed by atoms with Gasteiger partial charge in [-0.3, -0.25) is 4.79 Å². The summed E-state index contributed by atoms with van der Waals surface area (Å²) < 4.78 is 5.32. The first kappa shape index (κ1) is 16.3. The van der Waals surface area contributed by atoms with Gasteiger partial charge < -0.3 is 10.1 Å². The lowest BCUT2D eigenvalue weighted by molar-refractivity contribution is 0.102. The predicted octanol–water partition coefficient (Wildman–Crippen LogP) is 4.29. The van der Waals surface area contributed by atoms with Gasteiger partial charge in [0.2, 0.25) is 0 Å². The lowest BCUT2D eigenvalue weighted by Gasteiger charge is -2.21. The molecule has 0 saturated carbocycles. The quantitative estimate of drug-likeness (QED) is 0.859. The Morgan fingerprint density at radius 1 is 1.27 bits per heavy atom. The normalized spacial score (nSPS) is 11.1. The van der Waals surface area contributed by atoms with Crippen molar-refractivity contribution in [2.45, 2.75) is 26.2 Å². The van der Waals surface area contributed by atoms with Crippen molar-refractivity contribution in [3.63, 3.8) is 0 Å². The third-order valence-electron chi connectivity index (χ3n) is 3.32. The maximum absolute atomic E-state index is 12.4. The lowest BCUT2D eigenvalue weighted by atomic mass is 9.87. The van der Waals surface area contributed by atoms with E-state index in [1.807, 2.05) is 18.2 Å². The van der Waals surface area contributed by atoms with Crippen molar-refractivity contribution >= 4 is 23.2 Å². The molecule has 0 atom stereocenters. The summed E-state index contributed by atoms with van der Waals surface area (Å²) in [6.45, 7) is 6.33. The van der Waals surface area contributed by atoms with Gasteiger partial charge in [-0.15, -0.1) is 0 Å². The molecule has 0 fully saturated rings. The molecule has 1 aromatic carbocycles. The molecule has 0 aliphatic carbocycles. The zero-order chi connectivity index (χ0) is 16.3. The van der Waals surface area contributed by atoms with E-state index >= 15 is 0 Å². The number of nitrogens with one attached hydrogen (secondary N) is 1. The second kappa shape index (κ2) is 6.36. The number of hydrogen-bond donors (Lipinski definition) is 1. The van der Waals surface area contributed by atoms with Crippen LogP contribution >= 0.6 is 11.6 Å². The van der Waals surface area contributed by atoms with Crippen molar-refractivity contribution in [2.75, 3.05) is 12.4 Å². The first-order chi connectivity index (χ1) is 10.3. The summed E-state index contributed by atoms with van der Waals surface area (Å²) in [5.41, 5.74) is 2.01. The van der Waals surface area contributed by atoms with Crippen LogP contribution in [0.4, 0.5) is 5.69 Å². The van der Waals surface area contributed by atoms with E-state index in [2.05, 4.69) is 31.1 Å². The third kappa shape index (κ3) is 3.57. The minimum atomic E-state index is -0.317. The molecule has 0 aliphatic rings. The summed E-state index contributed by atoms with van der Waals surface area (Å²) in [4.78, 5) is 16.3. The number of hydrogen-bond acceptors (Lipinski definition) is 3. The van der Waals surface area contributed by atoms with Crippen LogP contribution in [0.1, 0.15) is 36.7 Å². The van der Waals surface area contributed by atoms with E-state index in [1.54, 1.807) is 25.4 Å². The van der Waals surface area contributed by atoms with E-state index in [0.717, 1.165) is 5.56 Å². The Bertz CT molecular complexity index is 693. The largest absolute Gasteiger partial charge is 0.495 e. The van der Waals surface area contributed by atoms with E-state index in [0.29, 0.717) is 17.0 Å². The molecule has 0 saturated heterocycles. The van der Waals surface area contributed by atoms with Gasteiger partial charge in [0.1, 0.15) is 10.9 Å². The van der Waals surface area contributed by atoms with Crippen molar-refractivity contribution in [1.29, 1.82) is 0 Å². The molecule has 1 heterocycles. The SMILES string of the molecule is COc1ccc(C(C)(C)C)cc1NC(=O)c1cccnc1Cl. The molecule has 2 aromatic rings. The van der Waals surface area contributed by atoms with Gasteiger partial charge in [-0.25, -0.2) is 4.98 Å². The molecule has 0 aliphatic heterocycles. The lowest BCUT2D eigenvalue weighted by Crippen LogP contribution is -2.16. The van der Waals surface area contributed by atoms with E-state index < -0.39 is 0 Å². The first-order valence-corrected chi connectivity index (χ1v) is 7.31. The van der Waals surface area contributed by atoms with Gasteiger partial charge in [-0.1, -0.05) is 38.4 Å². The van der Waals surface area contributed by atoms with Crippen LogP contribution in [0.15, 0.2) is 36.5 Å². The Labute approximate surface area is 135 Å². The second-order valence-corrected chi connectivity index (χ2v) is 6.32. The van der Waals surface area contributed by atoms with Crippen LogP contribution in [-0.2, 0) is 5.41 Å². The number of nitrogens with zero attached hydrogens (tertiary/aromatic N) is 1. The van der Waals surface area contributed by atoms with E-state index in [9.17, 15) is 4.79 Å². The number of aromatic nitrogens is 1. The van der Waals surface area contributed by atoms with Gasteiger partial charge >= 0.3 is 0 Å². The van der Waals surface area contributed by atoms with Crippen LogP contribution in [0.2, 0.25) is 5.15 Å². The number of methoxy groups -OCH3 is 1. The highest BCUT2D eigenvalue weighted by atomic mass is 35.5. The van der Waals surface area contributed by atoms with E-state index in [4.69, 9.17) is 16.3 Å². The fourth-order valence-corrected chi connectivity index (χ4v) is 2.22. The standard InChI is InChI=1S/C17H19ClN2O2/c1-17(2,3)11-7-8-14(22-4)13(10-11)20-16(21)12-6-5-9-19-15(12)18/h5-10H,1-4H3,(H,20,21). The van der Waals surface area contributed by atoms with Crippen molar-refractivity contribution in [1.82, 2.24) is 4.98 Å². The maximum atomic E-state index is 12.4. The zero-order valence-corrected chi connectivity index (χ0v) is 13.9. The van der Waals surface area contributed by atoms with Crippen LogP contribution < -0.4 is 10.1 Å². The summed E-state index contributed by atoms with van der Waals surface area (Å²) in [7, 11) is 1.57. The molecule has 2 rings (SSSR count). The summed E-state index contributed by atoms with van der Waals surface area (Å²) in [6.07, 6.45) is 1.54. The molecule has 1 N–H and O–H groups in total. The molecular formula is C17H19ClN2O2. The van der Waals surface area contributed by atoms with Gasteiger partial charge in [-0.05, 0) is 35.2 Å². The van der Waals surface area contributed by atoms with Gasteiger partial charge in [-0.2, -0.15) is 0 Å². The molecule has 116 valence electrons. The van der Waals surface area contributed by atoms with Crippen LogP contribution in [-0.4, -0.2) is 18.0 Å². The molecule has 0 spiro atoms. The summed E-state index contributed by atoms with van der Waals surface area (Å²) in [6, 6.07) is 9.06. The van der Waals surface area contributed by atoms with Crippen molar-refractivity contribution in [2.24, 2.45) is 0 Å². The fourth-order valence-electron chi connectivity index (χ4n) is 2.02. The molecule has 22 heavy (non-hydrogen) atoms. The van der Waals surface area contributed by atoms with E-state index in [-0.39, 0.29) is 16.5 Å². The average molecular weight is 319 g/mol. The van der Waals surface area contributed by atoms with Crippen LogP contribution in [0.25, 0.3) is 0 Å². The minimum absolute atomic E-state index is 0.0301. The summed E-state index contributed by atoms with van der Waals surface area (Å²) in [5, 5.41) is 3.01. The Kier molecular flexibility index (Phi) is 4.71. The number of anilines is 1. The highest BCUT2D eigenvalue weighted by molar-refractivity contribution is 6.33. The van der Waals surface area contributed by atoms with Crippen molar-refractivity contribution in [3.05, 3.63) is 52.8 Å². The Hall–Kier alpha value is -2.07. The molecule has 5 heteroatoms. The first-order valence-electron chi connectivity index (χ1n) is 6.93. The topological polar surface area (TPSA) is 51.2 Å². The third-order valence-corrected chi connectivity index (χ3v) is 3.62. The number of ether oxygens (including phenoxy) is 1. The highest BCUT2D eigenvalue weighted by Crippen LogP contribution is 2.31. The van der Waals surface area contributed by atoms with Gasteiger partial charge in [0.05, 0.1) is 18.4 Å². The fraction of sp³-hybridized carbons (Fsp3) is 0.294.